The first kappa shape index (κ1) is 21.5. The third-order valence-corrected chi connectivity index (χ3v) is 6.23. The Morgan fingerprint density at radius 2 is 1.83 bits per heavy atom. The molecule has 3 aromatic rings. The Morgan fingerprint density at radius 3 is 2.48 bits per heavy atom. The summed E-state index contributed by atoms with van der Waals surface area (Å²) in [6, 6.07) is 18.5. The number of hydrogen-bond donors (Lipinski definition) is 2. The van der Waals surface area contributed by atoms with Crippen LogP contribution in [0.2, 0.25) is 0 Å². The number of rotatable bonds is 7. The van der Waals surface area contributed by atoms with Crippen molar-refractivity contribution in [2.75, 3.05) is 6.54 Å². The zero-order valence-electron chi connectivity index (χ0n) is 16.4. The van der Waals surface area contributed by atoms with Crippen molar-refractivity contribution in [2.24, 2.45) is 11.7 Å². The fourth-order valence-electron chi connectivity index (χ4n) is 3.24. The quantitative estimate of drug-likeness (QED) is 0.578. The average molecular weight is 428 g/mol. The van der Waals surface area contributed by atoms with Crippen molar-refractivity contribution < 1.29 is 4.79 Å². The maximum absolute atomic E-state index is 12.6. The Kier molecular flexibility index (Phi) is 7.06. The van der Waals surface area contributed by atoms with Crippen LogP contribution in [-0.4, -0.2) is 23.5 Å². The zero-order chi connectivity index (χ0) is 19.5. The molecule has 1 aliphatic rings. The summed E-state index contributed by atoms with van der Waals surface area (Å²) < 4.78 is 0. The topological polar surface area (TPSA) is 68.0 Å². The molecule has 3 N–H and O–H groups in total. The van der Waals surface area contributed by atoms with E-state index in [0.29, 0.717) is 18.9 Å². The molecule has 2 aromatic carbocycles. The highest BCUT2D eigenvalue weighted by Gasteiger charge is 2.28. The molecule has 0 aliphatic heterocycles. The summed E-state index contributed by atoms with van der Waals surface area (Å²) in [6.07, 6.45) is 2.69. The maximum Gasteiger partial charge on any atom is 0.225 e. The number of nitrogens with one attached hydrogen (secondary N) is 1. The van der Waals surface area contributed by atoms with Gasteiger partial charge in [-0.05, 0) is 25.7 Å². The Hall–Kier alpha value is -2.21. The lowest BCUT2D eigenvalue weighted by Gasteiger charge is -2.11. The van der Waals surface area contributed by atoms with Gasteiger partial charge in [0.2, 0.25) is 5.91 Å². The zero-order valence-corrected chi connectivity index (χ0v) is 18.1. The molecular formula is C23H26ClN3OS. The van der Waals surface area contributed by atoms with Gasteiger partial charge in [-0.2, -0.15) is 0 Å². The molecule has 152 valence electrons. The van der Waals surface area contributed by atoms with Gasteiger partial charge < -0.3 is 11.1 Å². The van der Waals surface area contributed by atoms with E-state index in [0.717, 1.165) is 26.7 Å². The van der Waals surface area contributed by atoms with E-state index in [2.05, 4.69) is 48.6 Å². The number of aromatic nitrogens is 1. The van der Waals surface area contributed by atoms with Gasteiger partial charge in [-0.1, -0.05) is 60.2 Å². The third kappa shape index (κ3) is 5.44. The summed E-state index contributed by atoms with van der Waals surface area (Å²) in [7, 11) is 0. The van der Waals surface area contributed by atoms with Crippen LogP contribution in [0.1, 0.15) is 23.3 Å². The summed E-state index contributed by atoms with van der Waals surface area (Å²) in [4.78, 5) is 18.4. The lowest BCUT2D eigenvalue weighted by atomic mass is 10.1. The van der Waals surface area contributed by atoms with Gasteiger partial charge in [0.25, 0.3) is 0 Å². The lowest BCUT2D eigenvalue weighted by Crippen LogP contribution is -2.39. The van der Waals surface area contributed by atoms with Crippen molar-refractivity contribution in [2.45, 2.75) is 32.2 Å². The molecule has 1 amide bonds. The third-order valence-electron chi connectivity index (χ3n) is 5.13. The second kappa shape index (κ2) is 9.53. The van der Waals surface area contributed by atoms with E-state index in [-0.39, 0.29) is 24.4 Å². The largest absolute Gasteiger partial charge is 0.354 e. The Labute approximate surface area is 182 Å². The minimum atomic E-state index is 0. The number of carbonyl (C=O) groups is 1. The second-order valence-corrected chi connectivity index (χ2v) is 8.59. The van der Waals surface area contributed by atoms with E-state index in [1.54, 1.807) is 11.3 Å². The first-order valence-electron chi connectivity index (χ1n) is 9.74. The maximum atomic E-state index is 12.6. The van der Waals surface area contributed by atoms with Gasteiger partial charge in [-0.3, -0.25) is 4.79 Å². The molecule has 4 nitrogen and oxygen atoms in total. The van der Waals surface area contributed by atoms with Crippen LogP contribution in [0.25, 0.3) is 21.8 Å². The molecule has 1 aliphatic carbocycles. The van der Waals surface area contributed by atoms with E-state index in [1.807, 2.05) is 18.2 Å². The highest BCUT2D eigenvalue weighted by atomic mass is 35.5. The van der Waals surface area contributed by atoms with Crippen LogP contribution in [0.3, 0.4) is 0 Å². The van der Waals surface area contributed by atoms with Crippen molar-refractivity contribution >= 4 is 29.7 Å². The van der Waals surface area contributed by atoms with Crippen molar-refractivity contribution in [3.05, 3.63) is 65.0 Å². The number of thiazole rings is 1. The lowest BCUT2D eigenvalue weighted by molar-refractivity contribution is -0.120. The number of nitrogens with two attached hydrogens (primary N) is 1. The van der Waals surface area contributed by atoms with Gasteiger partial charge in [-0.25, -0.2) is 4.98 Å². The number of nitrogens with zero attached hydrogens (tertiary/aromatic N) is 1. The van der Waals surface area contributed by atoms with E-state index in [1.165, 1.54) is 18.4 Å². The van der Waals surface area contributed by atoms with Crippen molar-refractivity contribution in [1.29, 1.82) is 0 Å². The monoisotopic (exact) mass is 427 g/mol. The van der Waals surface area contributed by atoms with Crippen LogP contribution in [-0.2, 0) is 11.2 Å². The van der Waals surface area contributed by atoms with E-state index < -0.39 is 0 Å². The molecule has 1 fully saturated rings. The number of aryl methyl sites for hydroxylation is 1. The van der Waals surface area contributed by atoms with Gasteiger partial charge in [0.1, 0.15) is 5.01 Å². The van der Waals surface area contributed by atoms with Crippen molar-refractivity contribution in [3.8, 4) is 21.8 Å². The van der Waals surface area contributed by atoms with Gasteiger partial charge in [-0.15, -0.1) is 23.7 Å². The Balaban J connectivity index is 0.00000240. The SMILES string of the molecule is Cc1ccc(-c2nc(-c3ccccc3)sc2CC(=O)NCC(N)C2CC2)cc1.Cl. The van der Waals surface area contributed by atoms with Gasteiger partial charge in [0, 0.05) is 28.6 Å². The number of halogens is 1. The predicted octanol–water partition coefficient (Wildman–Crippen LogP) is 4.60. The molecule has 1 aromatic heterocycles. The number of hydrogen-bond acceptors (Lipinski definition) is 4. The van der Waals surface area contributed by atoms with Gasteiger partial charge in [0.05, 0.1) is 12.1 Å². The van der Waals surface area contributed by atoms with Crippen LogP contribution in [0.4, 0.5) is 0 Å². The van der Waals surface area contributed by atoms with Crippen LogP contribution >= 0.6 is 23.7 Å². The molecule has 0 bridgehead atoms. The summed E-state index contributed by atoms with van der Waals surface area (Å²) in [5.74, 6) is 0.587. The fraction of sp³-hybridized carbons (Fsp3) is 0.304. The number of carbonyl (C=O) groups excluding carboxylic acids is 1. The Morgan fingerprint density at radius 1 is 1.14 bits per heavy atom. The molecule has 29 heavy (non-hydrogen) atoms. The molecule has 1 saturated carbocycles. The van der Waals surface area contributed by atoms with Crippen LogP contribution in [0.15, 0.2) is 54.6 Å². The second-order valence-electron chi connectivity index (χ2n) is 7.50. The van der Waals surface area contributed by atoms with Crippen LogP contribution in [0.5, 0.6) is 0 Å². The minimum Gasteiger partial charge on any atom is -0.354 e. The van der Waals surface area contributed by atoms with E-state index >= 15 is 0 Å². The first-order chi connectivity index (χ1) is 13.6. The summed E-state index contributed by atoms with van der Waals surface area (Å²) in [6.45, 7) is 2.62. The molecule has 1 unspecified atom stereocenters. The minimum absolute atomic E-state index is 0. The normalized spacial score (nSPS) is 14.1. The molecule has 1 atom stereocenters. The van der Waals surface area contributed by atoms with E-state index in [4.69, 9.17) is 10.7 Å². The molecule has 6 heteroatoms. The summed E-state index contributed by atoms with van der Waals surface area (Å²) in [5, 5.41) is 3.94. The molecular weight excluding hydrogens is 402 g/mol. The number of amides is 1. The predicted molar refractivity (Wildman–Crippen MR) is 122 cm³/mol. The summed E-state index contributed by atoms with van der Waals surface area (Å²) in [5.41, 5.74) is 10.3. The van der Waals surface area contributed by atoms with Crippen molar-refractivity contribution in [1.82, 2.24) is 10.3 Å². The highest BCUT2D eigenvalue weighted by Crippen LogP contribution is 2.34. The smallest absolute Gasteiger partial charge is 0.225 e. The molecule has 0 spiro atoms. The molecule has 4 rings (SSSR count). The van der Waals surface area contributed by atoms with E-state index in [9.17, 15) is 4.79 Å². The molecule has 0 radical (unpaired) electrons. The highest BCUT2D eigenvalue weighted by molar-refractivity contribution is 7.15. The Bertz CT molecular complexity index is 952. The number of benzene rings is 2. The fourth-order valence-corrected chi connectivity index (χ4v) is 4.33. The molecule has 1 heterocycles. The van der Waals surface area contributed by atoms with Crippen molar-refractivity contribution in [3.63, 3.8) is 0 Å². The molecule has 0 saturated heterocycles. The standard InChI is InChI=1S/C23H25N3OS.ClH/c1-15-7-9-17(10-8-15)22-20(13-21(27)25-14-19(24)16-11-12-16)28-23(26-22)18-5-3-2-4-6-18;/h2-10,16,19H,11-14,24H2,1H3,(H,25,27);1H. The van der Waals surface area contributed by atoms with Crippen LogP contribution in [0, 0.1) is 12.8 Å². The average Bonchev–Trinajstić information content (AvgIpc) is 3.49. The van der Waals surface area contributed by atoms with Gasteiger partial charge >= 0.3 is 0 Å². The van der Waals surface area contributed by atoms with Gasteiger partial charge in [0.15, 0.2) is 0 Å². The summed E-state index contributed by atoms with van der Waals surface area (Å²) >= 11 is 1.59. The van der Waals surface area contributed by atoms with Crippen LogP contribution < -0.4 is 11.1 Å². The first-order valence-corrected chi connectivity index (χ1v) is 10.6.